The SMILES string of the molecule is COc1ccc(C2=NN(C(=O)CN3CCCCC3)C(c3ccc(C)cc3)C2)c(OC)c1. The molecule has 31 heavy (non-hydrogen) atoms. The summed E-state index contributed by atoms with van der Waals surface area (Å²) in [6, 6.07) is 14.0. The van der Waals surface area contributed by atoms with E-state index in [9.17, 15) is 4.79 Å². The number of hydrazone groups is 1. The zero-order valence-electron chi connectivity index (χ0n) is 18.6. The molecule has 1 atom stereocenters. The van der Waals surface area contributed by atoms with E-state index in [0.717, 1.165) is 48.5 Å². The molecule has 1 unspecified atom stereocenters. The molecular formula is C25H31N3O3. The molecule has 6 nitrogen and oxygen atoms in total. The highest BCUT2D eigenvalue weighted by Crippen LogP contribution is 2.36. The number of hydrogen-bond acceptors (Lipinski definition) is 5. The van der Waals surface area contributed by atoms with Crippen molar-refractivity contribution in [1.82, 2.24) is 9.91 Å². The monoisotopic (exact) mass is 421 g/mol. The number of carbonyl (C=O) groups excluding carboxylic acids is 1. The van der Waals surface area contributed by atoms with Crippen LogP contribution in [0.5, 0.6) is 11.5 Å². The lowest BCUT2D eigenvalue weighted by atomic mass is 9.97. The van der Waals surface area contributed by atoms with E-state index in [4.69, 9.17) is 14.6 Å². The van der Waals surface area contributed by atoms with Crippen LogP contribution in [0.2, 0.25) is 0 Å². The maximum atomic E-state index is 13.3. The van der Waals surface area contributed by atoms with Gasteiger partial charge in [0.05, 0.1) is 32.5 Å². The maximum absolute atomic E-state index is 13.3. The van der Waals surface area contributed by atoms with Gasteiger partial charge in [-0.05, 0) is 50.6 Å². The van der Waals surface area contributed by atoms with E-state index in [-0.39, 0.29) is 11.9 Å². The van der Waals surface area contributed by atoms with Gasteiger partial charge in [0.2, 0.25) is 0 Å². The molecule has 0 bridgehead atoms. The lowest BCUT2D eigenvalue weighted by Gasteiger charge is -2.29. The summed E-state index contributed by atoms with van der Waals surface area (Å²) in [7, 11) is 3.28. The molecule has 0 N–H and O–H groups in total. The highest BCUT2D eigenvalue weighted by atomic mass is 16.5. The average Bonchev–Trinajstić information content (AvgIpc) is 3.25. The van der Waals surface area contributed by atoms with Crippen molar-refractivity contribution in [3.05, 3.63) is 59.2 Å². The Hall–Kier alpha value is -2.86. The Labute approximate surface area is 184 Å². The van der Waals surface area contributed by atoms with E-state index in [1.165, 1.54) is 12.0 Å². The van der Waals surface area contributed by atoms with Crippen molar-refractivity contribution in [3.8, 4) is 11.5 Å². The number of ether oxygens (including phenoxy) is 2. The van der Waals surface area contributed by atoms with Gasteiger partial charge in [0.1, 0.15) is 11.5 Å². The van der Waals surface area contributed by atoms with Crippen molar-refractivity contribution < 1.29 is 14.3 Å². The number of methoxy groups -OCH3 is 2. The van der Waals surface area contributed by atoms with Crippen molar-refractivity contribution in [2.45, 2.75) is 38.6 Å². The van der Waals surface area contributed by atoms with Crippen LogP contribution in [0.4, 0.5) is 0 Å². The smallest absolute Gasteiger partial charge is 0.257 e. The molecule has 6 heteroatoms. The van der Waals surface area contributed by atoms with Gasteiger partial charge < -0.3 is 9.47 Å². The number of aryl methyl sites for hydroxylation is 1. The summed E-state index contributed by atoms with van der Waals surface area (Å²) in [5.74, 6) is 1.48. The first kappa shape index (κ1) is 21.4. The molecule has 0 aliphatic carbocycles. The van der Waals surface area contributed by atoms with Crippen LogP contribution >= 0.6 is 0 Å². The summed E-state index contributed by atoms with van der Waals surface area (Å²) in [6.45, 7) is 4.45. The van der Waals surface area contributed by atoms with Gasteiger partial charge in [0.25, 0.3) is 5.91 Å². The van der Waals surface area contributed by atoms with Gasteiger partial charge in [-0.1, -0.05) is 36.2 Å². The van der Waals surface area contributed by atoms with E-state index < -0.39 is 0 Å². The van der Waals surface area contributed by atoms with E-state index in [1.807, 2.05) is 18.2 Å². The van der Waals surface area contributed by atoms with Gasteiger partial charge in [-0.25, -0.2) is 5.01 Å². The van der Waals surface area contributed by atoms with E-state index >= 15 is 0 Å². The van der Waals surface area contributed by atoms with Crippen LogP contribution in [0.1, 0.15) is 48.4 Å². The predicted molar refractivity (Wildman–Crippen MR) is 122 cm³/mol. The largest absolute Gasteiger partial charge is 0.497 e. The first-order valence-electron chi connectivity index (χ1n) is 11.0. The number of rotatable bonds is 6. The van der Waals surface area contributed by atoms with Gasteiger partial charge in [0.15, 0.2) is 0 Å². The highest BCUT2D eigenvalue weighted by molar-refractivity contribution is 6.05. The van der Waals surface area contributed by atoms with Crippen molar-refractivity contribution in [3.63, 3.8) is 0 Å². The predicted octanol–water partition coefficient (Wildman–Crippen LogP) is 4.18. The number of piperidine rings is 1. The molecule has 164 valence electrons. The molecule has 1 amide bonds. The standard InChI is InChI=1S/C25H31N3O3/c1-18-7-9-19(10-8-18)23-16-22(21-12-11-20(30-2)15-24(21)31-3)26-28(23)25(29)17-27-13-5-4-6-14-27/h7-12,15,23H,4-6,13-14,16-17H2,1-3H3. The van der Waals surface area contributed by atoms with E-state index in [1.54, 1.807) is 19.2 Å². The quantitative estimate of drug-likeness (QED) is 0.702. The molecule has 2 aromatic carbocycles. The maximum Gasteiger partial charge on any atom is 0.257 e. The van der Waals surface area contributed by atoms with Crippen molar-refractivity contribution in [1.29, 1.82) is 0 Å². The van der Waals surface area contributed by atoms with E-state index in [0.29, 0.717) is 18.7 Å². The summed E-state index contributed by atoms with van der Waals surface area (Å²) in [4.78, 5) is 15.6. The molecular weight excluding hydrogens is 390 g/mol. The van der Waals surface area contributed by atoms with Crippen LogP contribution in [-0.4, -0.2) is 55.4 Å². The van der Waals surface area contributed by atoms with Gasteiger partial charge in [0, 0.05) is 18.1 Å². The molecule has 2 heterocycles. The lowest BCUT2D eigenvalue weighted by Crippen LogP contribution is -2.40. The third-order valence-corrected chi connectivity index (χ3v) is 6.16. The summed E-state index contributed by atoms with van der Waals surface area (Å²) < 4.78 is 10.9. The fourth-order valence-electron chi connectivity index (χ4n) is 4.37. The minimum atomic E-state index is -0.111. The third kappa shape index (κ3) is 4.74. The molecule has 1 fully saturated rings. The third-order valence-electron chi connectivity index (χ3n) is 6.16. The molecule has 2 aliphatic heterocycles. The number of likely N-dealkylation sites (tertiary alicyclic amines) is 1. The Morgan fingerprint density at radius 3 is 2.45 bits per heavy atom. The number of hydrogen-bond donors (Lipinski definition) is 0. The Bertz CT molecular complexity index is 949. The first-order valence-corrected chi connectivity index (χ1v) is 11.0. The zero-order chi connectivity index (χ0) is 21.8. The van der Waals surface area contributed by atoms with Crippen molar-refractivity contribution >= 4 is 11.6 Å². The second-order valence-corrected chi connectivity index (χ2v) is 8.32. The second-order valence-electron chi connectivity index (χ2n) is 8.32. The summed E-state index contributed by atoms with van der Waals surface area (Å²) in [6.07, 6.45) is 4.22. The first-order chi connectivity index (χ1) is 15.1. The molecule has 0 aromatic heterocycles. The molecule has 0 radical (unpaired) electrons. The summed E-state index contributed by atoms with van der Waals surface area (Å²) in [5, 5.41) is 6.51. The van der Waals surface area contributed by atoms with Crippen LogP contribution in [-0.2, 0) is 4.79 Å². The molecule has 0 saturated carbocycles. The number of nitrogens with zero attached hydrogens (tertiary/aromatic N) is 3. The zero-order valence-corrected chi connectivity index (χ0v) is 18.6. The fourth-order valence-corrected chi connectivity index (χ4v) is 4.37. The topological polar surface area (TPSA) is 54.4 Å². The van der Waals surface area contributed by atoms with E-state index in [2.05, 4.69) is 36.1 Å². The minimum absolute atomic E-state index is 0.0509. The molecule has 2 aliphatic rings. The Morgan fingerprint density at radius 1 is 1.03 bits per heavy atom. The summed E-state index contributed by atoms with van der Waals surface area (Å²) in [5.41, 5.74) is 4.06. The van der Waals surface area contributed by atoms with Crippen molar-refractivity contribution in [2.24, 2.45) is 5.10 Å². The highest BCUT2D eigenvalue weighted by Gasteiger charge is 2.34. The number of amides is 1. The second kappa shape index (κ2) is 9.52. The minimum Gasteiger partial charge on any atom is -0.497 e. The van der Waals surface area contributed by atoms with Crippen LogP contribution < -0.4 is 9.47 Å². The Kier molecular flexibility index (Phi) is 6.56. The fraction of sp³-hybridized carbons (Fsp3) is 0.440. The lowest BCUT2D eigenvalue weighted by molar-refractivity contribution is -0.134. The van der Waals surface area contributed by atoms with Crippen LogP contribution in [0.15, 0.2) is 47.6 Å². The van der Waals surface area contributed by atoms with Gasteiger partial charge in [-0.15, -0.1) is 0 Å². The Balaban J connectivity index is 1.64. The molecule has 1 saturated heterocycles. The Morgan fingerprint density at radius 2 is 1.77 bits per heavy atom. The molecule has 2 aromatic rings. The normalized spacial score (nSPS) is 19.3. The van der Waals surface area contributed by atoms with Crippen molar-refractivity contribution in [2.75, 3.05) is 33.9 Å². The van der Waals surface area contributed by atoms with Gasteiger partial charge in [-0.3, -0.25) is 9.69 Å². The summed E-state index contributed by atoms with van der Waals surface area (Å²) >= 11 is 0. The van der Waals surface area contributed by atoms with Crippen LogP contribution in [0, 0.1) is 6.92 Å². The van der Waals surface area contributed by atoms with Crippen LogP contribution in [0.3, 0.4) is 0 Å². The van der Waals surface area contributed by atoms with Gasteiger partial charge in [-0.2, -0.15) is 5.10 Å². The van der Waals surface area contributed by atoms with Gasteiger partial charge >= 0.3 is 0 Å². The number of benzene rings is 2. The molecule has 4 rings (SSSR count). The number of carbonyl (C=O) groups is 1. The molecule has 0 spiro atoms. The van der Waals surface area contributed by atoms with Crippen LogP contribution in [0.25, 0.3) is 0 Å². The average molecular weight is 422 g/mol.